The molecule has 0 aromatic heterocycles. The molecule has 26 heavy (non-hydrogen) atoms. The molecule has 2 rings (SSSR count). The highest BCUT2D eigenvalue weighted by molar-refractivity contribution is 6.06. The number of carboxylic acids is 1. The van der Waals surface area contributed by atoms with E-state index >= 15 is 0 Å². The lowest BCUT2D eigenvalue weighted by Gasteiger charge is -2.09. The maximum atomic E-state index is 12.2. The molecule has 0 aliphatic rings. The van der Waals surface area contributed by atoms with Gasteiger partial charge in [0.1, 0.15) is 12.4 Å². The summed E-state index contributed by atoms with van der Waals surface area (Å²) in [6, 6.07) is 11.6. The number of ether oxygens (including phenoxy) is 3. The van der Waals surface area contributed by atoms with Crippen LogP contribution in [-0.2, 0) is 4.79 Å². The summed E-state index contributed by atoms with van der Waals surface area (Å²) in [6.07, 6.45) is 3.14. The molecule has 0 bridgehead atoms. The lowest BCUT2D eigenvalue weighted by Crippen LogP contribution is -2.28. The molecule has 0 unspecified atom stereocenters. The predicted octanol–water partition coefficient (Wildman–Crippen LogP) is 2.12. The van der Waals surface area contributed by atoms with Crippen LogP contribution in [0.5, 0.6) is 17.2 Å². The fourth-order valence-corrected chi connectivity index (χ4v) is 2.19. The molecule has 0 radical (unpaired) electrons. The summed E-state index contributed by atoms with van der Waals surface area (Å²) in [5.41, 5.74) is 1.26. The number of methoxy groups -OCH3 is 1. The standard InChI is InChI=1S/C20H20O6/c1-3-25-19-12-14(5-11-18(19)24-2)4-10-17(21)15-6-8-16(9-7-15)26-13-20(22)23/h4-12H,3,13H2,1-2H3,(H,22,23)/p-1/b10-4+. The monoisotopic (exact) mass is 355 g/mol. The molecule has 0 aliphatic carbocycles. The number of benzene rings is 2. The van der Waals surface area contributed by atoms with Crippen molar-refractivity contribution in [3.05, 3.63) is 59.7 Å². The Hall–Kier alpha value is -3.28. The molecule has 6 nitrogen and oxygen atoms in total. The topological polar surface area (TPSA) is 84.9 Å². The van der Waals surface area contributed by atoms with Gasteiger partial charge in [0, 0.05) is 5.56 Å². The van der Waals surface area contributed by atoms with E-state index in [1.54, 1.807) is 37.5 Å². The van der Waals surface area contributed by atoms with Gasteiger partial charge < -0.3 is 24.1 Å². The van der Waals surface area contributed by atoms with E-state index in [4.69, 9.17) is 14.2 Å². The molecule has 0 saturated heterocycles. The van der Waals surface area contributed by atoms with Gasteiger partial charge in [0.15, 0.2) is 17.3 Å². The molecule has 2 aromatic carbocycles. The van der Waals surface area contributed by atoms with Gasteiger partial charge in [0.25, 0.3) is 0 Å². The Morgan fingerprint density at radius 3 is 2.38 bits per heavy atom. The molecule has 0 saturated carbocycles. The third-order valence-electron chi connectivity index (χ3n) is 3.41. The number of carbonyl (C=O) groups is 2. The Morgan fingerprint density at radius 2 is 1.77 bits per heavy atom. The normalized spacial score (nSPS) is 10.5. The van der Waals surface area contributed by atoms with E-state index in [0.717, 1.165) is 5.56 Å². The smallest absolute Gasteiger partial charge is 0.185 e. The largest absolute Gasteiger partial charge is 0.546 e. The van der Waals surface area contributed by atoms with Gasteiger partial charge in [0.05, 0.1) is 19.7 Å². The number of ketones is 1. The van der Waals surface area contributed by atoms with Crippen molar-refractivity contribution in [2.45, 2.75) is 6.92 Å². The van der Waals surface area contributed by atoms with Crippen molar-refractivity contribution in [1.82, 2.24) is 0 Å². The molecule has 0 aliphatic heterocycles. The summed E-state index contributed by atoms with van der Waals surface area (Å²) in [6.45, 7) is 1.85. The fraction of sp³-hybridized carbons (Fsp3) is 0.200. The summed E-state index contributed by atoms with van der Waals surface area (Å²) >= 11 is 0. The summed E-state index contributed by atoms with van der Waals surface area (Å²) in [4.78, 5) is 22.6. The van der Waals surface area contributed by atoms with Crippen LogP contribution >= 0.6 is 0 Å². The lowest BCUT2D eigenvalue weighted by molar-refractivity contribution is -0.307. The first-order valence-corrected chi connectivity index (χ1v) is 7.99. The van der Waals surface area contributed by atoms with Gasteiger partial charge >= 0.3 is 0 Å². The van der Waals surface area contributed by atoms with E-state index in [2.05, 4.69) is 0 Å². The molecule has 0 N–H and O–H groups in total. The van der Waals surface area contributed by atoms with Crippen LogP contribution in [0.4, 0.5) is 0 Å². The zero-order valence-corrected chi connectivity index (χ0v) is 14.6. The van der Waals surface area contributed by atoms with E-state index in [9.17, 15) is 14.7 Å². The van der Waals surface area contributed by atoms with Gasteiger partial charge in [-0.2, -0.15) is 0 Å². The van der Waals surface area contributed by atoms with Crippen molar-refractivity contribution >= 4 is 17.8 Å². The number of carboxylic acid groups (broad SMARTS) is 1. The van der Waals surface area contributed by atoms with Crippen molar-refractivity contribution in [2.75, 3.05) is 20.3 Å². The number of rotatable bonds is 9. The molecule has 0 spiro atoms. The van der Waals surface area contributed by atoms with Crippen molar-refractivity contribution in [3.8, 4) is 17.2 Å². The molecule has 0 fully saturated rings. The van der Waals surface area contributed by atoms with E-state index in [1.807, 2.05) is 13.0 Å². The first-order chi connectivity index (χ1) is 12.5. The number of allylic oxidation sites excluding steroid dienone is 1. The SMILES string of the molecule is CCOc1cc(/C=C/C(=O)c2ccc(OCC(=O)[O-])cc2)ccc1OC. The highest BCUT2D eigenvalue weighted by atomic mass is 16.5. The van der Waals surface area contributed by atoms with Gasteiger partial charge in [-0.1, -0.05) is 12.1 Å². The summed E-state index contributed by atoms with van der Waals surface area (Å²) in [7, 11) is 1.57. The zero-order valence-electron chi connectivity index (χ0n) is 14.6. The van der Waals surface area contributed by atoms with Crippen molar-refractivity contribution < 1.29 is 28.9 Å². The van der Waals surface area contributed by atoms with Crippen molar-refractivity contribution in [2.24, 2.45) is 0 Å². The highest BCUT2D eigenvalue weighted by Crippen LogP contribution is 2.28. The van der Waals surface area contributed by atoms with Crippen LogP contribution in [0.2, 0.25) is 0 Å². The van der Waals surface area contributed by atoms with Gasteiger partial charge in [-0.15, -0.1) is 0 Å². The van der Waals surface area contributed by atoms with Crippen LogP contribution in [-0.4, -0.2) is 32.1 Å². The lowest BCUT2D eigenvalue weighted by atomic mass is 10.1. The van der Waals surface area contributed by atoms with Crippen molar-refractivity contribution in [1.29, 1.82) is 0 Å². The second kappa shape index (κ2) is 9.27. The second-order valence-electron chi connectivity index (χ2n) is 5.23. The van der Waals surface area contributed by atoms with E-state index in [1.165, 1.54) is 18.2 Å². The zero-order chi connectivity index (χ0) is 18.9. The quantitative estimate of drug-likeness (QED) is 0.506. The number of hydrogen-bond acceptors (Lipinski definition) is 6. The van der Waals surface area contributed by atoms with Crippen LogP contribution in [0.25, 0.3) is 6.08 Å². The minimum atomic E-state index is -1.31. The molecular formula is C20H19O6-. The third-order valence-corrected chi connectivity index (χ3v) is 3.41. The third kappa shape index (κ3) is 5.37. The van der Waals surface area contributed by atoms with E-state index in [0.29, 0.717) is 29.4 Å². The Kier molecular flexibility index (Phi) is 6.79. The Morgan fingerprint density at radius 1 is 1.04 bits per heavy atom. The highest BCUT2D eigenvalue weighted by Gasteiger charge is 2.05. The molecular weight excluding hydrogens is 336 g/mol. The number of aliphatic carboxylic acids is 1. The molecule has 136 valence electrons. The van der Waals surface area contributed by atoms with Gasteiger partial charge in [-0.3, -0.25) is 4.79 Å². The van der Waals surface area contributed by atoms with Crippen LogP contribution in [0.1, 0.15) is 22.8 Å². The predicted molar refractivity (Wildman–Crippen MR) is 94.5 cm³/mol. The Balaban J connectivity index is 2.06. The summed E-state index contributed by atoms with van der Waals surface area (Å²) < 4.78 is 15.7. The van der Waals surface area contributed by atoms with Gasteiger partial charge in [0.2, 0.25) is 0 Å². The van der Waals surface area contributed by atoms with Crippen LogP contribution < -0.4 is 19.3 Å². The maximum absolute atomic E-state index is 12.2. The van der Waals surface area contributed by atoms with E-state index in [-0.39, 0.29) is 5.78 Å². The van der Waals surface area contributed by atoms with Gasteiger partial charge in [-0.05, 0) is 55.0 Å². The summed E-state index contributed by atoms with van der Waals surface area (Å²) in [5, 5.41) is 10.4. The Bertz CT molecular complexity index is 792. The van der Waals surface area contributed by atoms with Crippen LogP contribution in [0.15, 0.2) is 48.5 Å². The minimum absolute atomic E-state index is 0.190. The molecule has 0 atom stereocenters. The first-order valence-electron chi connectivity index (χ1n) is 7.99. The molecule has 2 aromatic rings. The molecule has 0 amide bonds. The fourth-order valence-electron chi connectivity index (χ4n) is 2.19. The number of hydrogen-bond donors (Lipinski definition) is 0. The molecule has 0 heterocycles. The molecule has 6 heteroatoms. The van der Waals surface area contributed by atoms with Crippen LogP contribution in [0.3, 0.4) is 0 Å². The Labute approximate surface area is 151 Å². The average Bonchev–Trinajstić information content (AvgIpc) is 2.65. The van der Waals surface area contributed by atoms with Gasteiger partial charge in [-0.25, -0.2) is 0 Å². The van der Waals surface area contributed by atoms with Crippen LogP contribution in [0, 0.1) is 0 Å². The van der Waals surface area contributed by atoms with Crippen molar-refractivity contribution in [3.63, 3.8) is 0 Å². The first kappa shape index (κ1) is 19.1. The minimum Gasteiger partial charge on any atom is -0.546 e. The maximum Gasteiger partial charge on any atom is 0.185 e. The summed E-state index contributed by atoms with van der Waals surface area (Å²) in [5.74, 6) is 0.0944. The number of carbonyl (C=O) groups excluding carboxylic acids is 2. The van der Waals surface area contributed by atoms with E-state index < -0.39 is 12.6 Å². The average molecular weight is 355 g/mol. The second-order valence-corrected chi connectivity index (χ2v) is 5.23.